The number of aliphatic carboxylic acids is 1. The molecule has 134 valence electrons. The molecule has 14 heteroatoms. The summed E-state index contributed by atoms with van der Waals surface area (Å²) in [6, 6.07) is 0. The molecule has 0 rings (SSSR count). The molecule has 1 unspecified atom stereocenters. The largest absolute Gasteiger partial charge is 0.743 e. The van der Waals surface area contributed by atoms with E-state index in [2.05, 4.69) is 16.1 Å². The first-order valence-corrected chi connectivity index (χ1v) is 6.55. The summed E-state index contributed by atoms with van der Waals surface area (Å²) in [7, 11) is -6.47. The minimum Gasteiger partial charge on any atom is -0.743 e. The van der Waals surface area contributed by atoms with Crippen molar-refractivity contribution in [3.63, 3.8) is 0 Å². The molecule has 0 bridgehead atoms. The number of ether oxygens (including phenoxy) is 2. The normalized spacial score (nSPS) is 15.6. The molecule has 0 aliphatic heterocycles. The fourth-order valence-electron chi connectivity index (χ4n) is 0.871. The third kappa shape index (κ3) is 4.59. The second-order valence-corrected chi connectivity index (χ2v) is 5.48. The average Bonchev–Trinajstić information content (AvgIpc) is 2.30. The Hall–Kier alpha value is -1.80. The fraction of sp³-hybridized carbons (Fsp3) is 0.556. The summed E-state index contributed by atoms with van der Waals surface area (Å²) < 4.78 is 102. The summed E-state index contributed by atoms with van der Waals surface area (Å²) in [5, 5.41) is 3.16. The highest BCUT2D eigenvalue weighted by Crippen LogP contribution is 2.37. The number of alkyl halides is 5. The van der Waals surface area contributed by atoms with Crippen LogP contribution >= 0.6 is 0 Å². The van der Waals surface area contributed by atoms with Gasteiger partial charge in [-0.05, 0) is 6.92 Å². The molecular weight excluding hydrogens is 363 g/mol. The van der Waals surface area contributed by atoms with E-state index < -0.39 is 51.5 Å². The van der Waals surface area contributed by atoms with E-state index in [1.807, 2.05) is 0 Å². The Morgan fingerprint density at radius 2 is 1.65 bits per heavy atom. The maximum absolute atomic E-state index is 12.9. The highest BCUT2D eigenvalue weighted by atomic mass is 32.2. The van der Waals surface area contributed by atoms with Gasteiger partial charge < -0.3 is 19.1 Å². The third-order valence-corrected chi connectivity index (χ3v) is 2.90. The summed E-state index contributed by atoms with van der Waals surface area (Å²) in [5.41, 5.74) is -0.744. The van der Waals surface area contributed by atoms with Gasteiger partial charge in [-0.1, -0.05) is 6.58 Å². The number of carbonyl (C=O) groups excluding carboxylic acids is 1. The quantitative estimate of drug-likeness (QED) is 0.226. The van der Waals surface area contributed by atoms with Crippen LogP contribution in [0.4, 0.5) is 22.0 Å². The van der Waals surface area contributed by atoms with E-state index >= 15 is 0 Å². The van der Waals surface area contributed by atoms with E-state index in [1.165, 1.54) is 0 Å². The lowest BCUT2D eigenvalue weighted by Gasteiger charge is -2.32. The van der Waals surface area contributed by atoms with Crippen molar-refractivity contribution in [3.05, 3.63) is 12.2 Å². The summed E-state index contributed by atoms with van der Waals surface area (Å²) in [4.78, 5) is 21.9. The number of hydrogen-bond acceptors (Lipinski definition) is 7. The molecule has 23 heavy (non-hydrogen) atoms. The monoisotopic (exact) mass is 371 g/mol. The first-order valence-electron chi connectivity index (χ1n) is 5.14. The molecule has 0 aromatic rings. The molecule has 0 aromatic heterocycles. The van der Waals surface area contributed by atoms with Crippen molar-refractivity contribution in [2.75, 3.05) is 6.61 Å². The molecule has 0 saturated heterocycles. The highest BCUT2D eigenvalue weighted by molar-refractivity contribution is 7.86. The first kappa shape index (κ1) is 21.2. The second kappa shape index (κ2) is 6.37. The van der Waals surface area contributed by atoms with Crippen molar-refractivity contribution in [2.24, 2.45) is 0 Å². The molecule has 0 aliphatic rings. The second-order valence-electron chi connectivity index (χ2n) is 3.97. The van der Waals surface area contributed by atoms with Crippen LogP contribution in [0.2, 0.25) is 0 Å². The number of rotatable bonds is 7. The zero-order chi connectivity index (χ0) is 18.9. The summed E-state index contributed by atoms with van der Waals surface area (Å²) in [5.74, 6) is -10.0. The van der Waals surface area contributed by atoms with E-state index in [9.17, 15) is 44.5 Å². The number of halogens is 5. The van der Waals surface area contributed by atoms with E-state index in [4.69, 9.17) is 5.11 Å². The Bertz CT molecular complexity index is 610. The van der Waals surface area contributed by atoms with Crippen LogP contribution in [-0.2, 0) is 29.2 Å². The molecule has 8 nitrogen and oxygen atoms in total. The number of carbonyl (C=O) groups is 2. The van der Waals surface area contributed by atoms with Crippen molar-refractivity contribution in [1.29, 1.82) is 0 Å². The van der Waals surface area contributed by atoms with Crippen molar-refractivity contribution < 1.29 is 59.1 Å². The smallest absolute Gasteiger partial charge is 0.468 e. The molecule has 0 fully saturated rings. The van der Waals surface area contributed by atoms with Crippen molar-refractivity contribution in [1.82, 2.24) is 0 Å². The molecule has 0 saturated carbocycles. The zero-order valence-corrected chi connectivity index (χ0v) is 11.8. The van der Waals surface area contributed by atoms with Gasteiger partial charge in [0.15, 0.2) is 10.1 Å². The van der Waals surface area contributed by atoms with Gasteiger partial charge in [-0.25, -0.2) is 18.0 Å². The van der Waals surface area contributed by atoms with Crippen LogP contribution in [0.5, 0.6) is 0 Å². The summed E-state index contributed by atoms with van der Waals surface area (Å²) in [6.45, 7) is 0.827. The fourth-order valence-corrected chi connectivity index (χ4v) is 1.07. The van der Waals surface area contributed by atoms with Gasteiger partial charge in [0.1, 0.15) is 6.61 Å². The topological polar surface area (TPSA) is 130 Å². The van der Waals surface area contributed by atoms with Crippen LogP contribution in [-0.4, -0.2) is 53.8 Å². The summed E-state index contributed by atoms with van der Waals surface area (Å²) in [6.07, 6.45) is -6.09. The molecule has 1 atom stereocenters. The van der Waals surface area contributed by atoms with E-state index in [0.29, 0.717) is 0 Å². The van der Waals surface area contributed by atoms with Crippen LogP contribution in [0.3, 0.4) is 0 Å². The standard InChI is InChI=1S/C9H9F5O8S/c1-4(2)5(15)22-8(6(16)17,9(12,13)14)21-3-7(10,11)23(18,19)20/h1,3H2,2H3,(H,16,17)(H,18,19,20)/p-1. The van der Waals surface area contributed by atoms with Crippen molar-refractivity contribution in [3.8, 4) is 0 Å². The zero-order valence-electron chi connectivity index (χ0n) is 11.0. The Morgan fingerprint density at radius 3 is 1.91 bits per heavy atom. The molecule has 1 N–H and O–H groups in total. The SMILES string of the molecule is C=C(C)C(=O)OC(OCC(F)(F)S(=O)(=O)[O-])(C(=O)O)C(F)(F)F. The average molecular weight is 371 g/mol. The van der Waals surface area contributed by atoms with E-state index in [1.54, 1.807) is 0 Å². The molecular formula is C9H8F5O8S-. The van der Waals surface area contributed by atoms with Gasteiger partial charge in [0.05, 0.1) is 0 Å². The predicted octanol–water partition coefficient (Wildman–Crippen LogP) is 0.604. The van der Waals surface area contributed by atoms with Crippen molar-refractivity contribution in [2.45, 2.75) is 24.1 Å². The molecule has 0 aliphatic carbocycles. The maximum atomic E-state index is 12.9. The third-order valence-electron chi connectivity index (χ3n) is 2.05. The molecule has 0 radical (unpaired) electrons. The Morgan fingerprint density at radius 1 is 1.22 bits per heavy atom. The van der Waals surface area contributed by atoms with Crippen LogP contribution < -0.4 is 0 Å². The van der Waals surface area contributed by atoms with Crippen LogP contribution in [0, 0.1) is 0 Å². The molecule has 0 spiro atoms. The number of carboxylic acid groups (broad SMARTS) is 1. The predicted molar refractivity (Wildman–Crippen MR) is 57.9 cm³/mol. The van der Waals surface area contributed by atoms with Crippen LogP contribution in [0.15, 0.2) is 12.2 Å². The Balaban J connectivity index is 5.84. The maximum Gasteiger partial charge on any atom is 0.468 e. The lowest BCUT2D eigenvalue weighted by Crippen LogP contribution is -2.59. The van der Waals surface area contributed by atoms with E-state index in [-0.39, 0.29) is 0 Å². The molecule has 0 heterocycles. The van der Waals surface area contributed by atoms with Gasteiger partial charge in [-0.15, -0.1) is 0 Å². The molecule has 0 amide bonds. The van der Waals surface area contributed by atoms with Gasteiger partial charge >= 0.3 is 29.2 Å². The number of hydrogen-bond donors (Lipinski definition) is 1. The summed E-state index contributed by atoms with van der Waals surface area (Å²) >= 11 is 0. The van der Waals surface area contributed by atoms with Crippen LogP contribution in [0.25, 0.3) is 0 Å². The minimum absolute atomic E-state index is 0.744. The van der Waals surface area contributed by atoms with Gasteiger partial charge in [-0.2, -0.15) is 22.0 Å². The van der Waals surface area contributed by atoms with Crippen molar-refractivity contribution >= 4 is 22.1 Å². The molecule has 0 aromatic carbocycles. The Kier molecular flexibility index (Phi) is 5.87. The Labute approximate surface area is 125 Å². The van der Waals surface area contributed by atoms with Gasteiger partial charge in [0.2, 0.25) is 0 Å². The number of esters is 1. The lowest BCUT2D eigenvalue weighted by molar-refractivity contribution is -0.358. The highest BCUT2D eigenvalue weighted by Gasteiger charge is 2.68. The number of carboxylic acids is 1. The van der Waals surface area contributed by atoms with Gasteiger partial charge in [0.25, 0.3) is 0 Å². The minimum atomic E-state index is -6.47. The van der Waals surface area contributed by atoms with Crippen LogP contribution in [0.1, 0.15) is 6.92 Å². The van der Waals surface area contributed by atoms with Gasteiger partial charge in [-0.3, -0.25) is 0 Å². The van der Waals surface area contributed by atoms with Gasteiger partial charge in [0, 0.05) is 5.57 Å². The van der Waals surface area contributed by atoms with E-state index in [0.717, 1.165) is 6.92 Å². The first-order chi connectivity index (χ1) is 9.98. The lowest BCUT2D eigenvalue weighted by atomic mass is 10.2.